The fourth-order valence-electron chi connectivity index (χ4n) is 17.3. The first-order chi connectivity index (χ1) is 34.8. The van der Waals surface area contributed by atoms with Crippen LogP contribution in [0.2, 0.25) is 0 Å². The van der Waals surface area contributed by atoms with Crippen LogP contribution in [0.4, 0.5) is 17.1 Å². The van der Waals surface area contributed by atoms with Crippen molar-refractivity contribution in [3.05, 3.63) is 210 Å². The van der Waals surface area contributed by atoms with Gasteiger partial charge in [0, 0.05) is 27.9 Å². The molecule has 1 heteroatoms. The average molecular weight is 922 g/mol. The average Bonchev–Trinajstić information content (AvgIpc) is 3.86. The van der Waals surface area contributed by atoms with Crippen LogP contribution in [0, 0.1) is 47.3 Å². The van der Waals surface area contributed by atoms with Crippen LogP contribution in [0.25, 0.3) is 55.6 Å². The summed E-state index contributed by atoms with van der Waals surface area (Å²) in [6.07, 6.45) is 10.8. The molecule has 0 heterocycles. The first-order valence-electron chi connectivity index (χ1n) is 27.4. The van der Waals surface area contributed by atoms with E-state index in [2.05, 4.69) is 221 Å². The minimum Gasteiger partial charge on any atom is -0.310 e. The number of nitrogens with zero attached hydrogens (tertiary/aromatic N) is 1. The molecule has 4 saturated carbocycles. The van der Waals surface area contributed by atoms with Gasteiger partial charge in [-0.3, -0.25) is 0 Å². The van der Waals surface area contributed by atoms with Gasteiger partial charge < -0.3 is 4.90 Å². The summed E-state index contributed by atoms with van der Waals surface area (Å²) < 4.78 is 0. The van der Waals surface area contributed by atoms with Gasteiger partial charge in [-0.25, -0.2) is 0 Å². The van der Waals surface area contributed by atoms with E-state index >= 15 is 0 Å². The van der Waals surface area contributed by atoms with Crippen molar-refractivity contribution in [2.24, 2.45) is 47.3 Å². The Morgan fingerprint density at radius 1 is 0.310 bits per heavy atom. The zero-order valence-corrected chi connectivity index (χ0v) is 42.1. The van der Waals surface area contributed by atoms with Gasteiger partial charge in [-0.1, -0.05) is 173 Å². The summed E-state index contributed by atoms with van der Waals surface area (Å²) in [7, 11) is 0. The Kier molecular flexibility index (Phi) is 10.1. The van der Waals surface area contributed by atoms with Crippen molar-refractivity contribution in [1.82, 2.24) is 0 Å². The lowest BCUT2D eigenvalue weighted by atomic mass is 9.49. The topological polar surface area (TPSA) is 3.24 Å². The Bertz CT molecular complexity index is 3300. The summed E-state index contributed by atoms with van der Waals surface area (Å²) in [5, 5.41) is 0. The van der Waals surface area contributed by atoms with E-state index in [9.17, 15) is 0 Å². The summed E-state index contributed by atoms with van der Waals surface area (Å²) in [5.74, 6) is 5.87. The van der Waals surface area contributed by atoms with Gasteiger partial charge in [0.05, 0.1) is 0 Å². The number of benzene rings is 8. The Balaban J connectivity index is 0.820. The molecule has 0 aromatic heterocycles. The molecule has 0 radical (unpaired) electrons. The van der Waals surface area contributed by atoms with Gasteiger partial charge in [0.15, 0.2) is 0 Å². The lowest BCUT2D eigenvalue weighted by Crippen LogP contribution is -2.49. The van der Waals surface area contributed by atoms with E-state index < -0.39 is 0 Å². The summed E-state index contributed by atoms with van der Waals surface area (Å²) >= 11 is 0. The highest BCUT2D eigenvalue weighted by Gasteiger charge is 2.58. The van der Waals surface area contributed by atoms with Crippen LogP contribution >= 0.6 is 0 Å². The van der Waals surface area contributed by atoms with Gasteiger partial charge in [-0.15, -0.1) is 0 Å². The van der Waals surface area contributed by atoms with Crippen LogP contribution in [0.5, 0.6) is 0 Å². The predicted molar refractivity (Wildman–Crippen MR) is 297 cm³/mol. The second-order valence-corrected chi connectivity index (χ2v) is 23.7. The van der Waals surface area contributed by atoms with Gasteiger partial charge >= 0.3 is 0 Å². The largest absolute Gasteiger partial charge is 0.310 e. The van der Waals surface area contributed by atoms with Crippen molar-refractivity contribution in [3.8, 4) is 55.6 Å². The lowest BCUT2D eigenvalue weighted by molar-refractivity contribution is 0.0426. The minimum atomic E-state index is 0.0320. The second kappa shape index (κ2) is 16.6. The van der Waals surface area contributed by atoms with E-state index in [0.29, 0.717) is 23.7 Å². The monoisotopic (exact) mass is 922 g/mol. The first kappa shape index (κ1) is 43.4. The van der Waals surface area contributed by atoms with Crippen molar-refractivity contribution < 1.29 is 0 Å². The van der Waals surface area contributed by atoms with E-state index in [1.165, 1.54) is 124 Å². The number of anilines is 3. The van der Waals surface area contributed by atoms with E-state index in [1.807, 2.05) is 0 Å². The number of rotatable bonds is 6. The fourth-order valence-corrected chi connectivity index (χ4v) is 17.3. The molecular weight excluding hydrogens is 855 g/mol. The molecule has 0 saturated heterocycles. The Hall–Kier alpha value is -6.44. The molecule has 1 nitrogen and oxygen atoms in total. The summed E-state index contributed by atoms with van der Waals surface area (Å²) in [6.45, 7) is 10.2. The van der Waals surface area contributed by atoms with E-state index in [1.54, 1.807) is 22.3 Å². The van der Waals surface area contributed by atoms with Crippen LogP contribution < -0.4 is 4.90 Å². The van der Waals surface area contributed by atoms with Gasteiger partial charge in [0.25, 0.3) is 0 Å². The summed E-state index contributed by atoms with van der Waals surface area (Å²) in [4.78, 5) is 2.51. The molecule has 71 heavy (non-hydrogen) atoms. The number of fused-ring (bicyclic) bond motifs is 16. The molecule has 0 aliphatic heterocycles. The lowest BCUT2D eigenvalue weighted by Gasteiger charge is -2.54. The maximum absolute atomic E-state index is 2.62. The highest BCUT2D eigenvalue weighted by molar-refractivity contribution is 5.88. The number of hydrogen-bond acceptors (Lipinski definition) is 1. The van der Waals surface area contributed by atoms with Crippen molar-refractivity contribution in [2.75, 3.05) is 4.90 Å². The molecule has 0 amide bonds. The fraction of sp³-hybridized carbons (Fsp3) is 0.314. The zero-order chi connectivity index (χ0) is 47.6. The second-order valence-electron chi connectivity index (χ2n) is 23.7. The third kappa shape index (κ3) is 6.56. The van der Waals surface area contributed by atoms with Crippen molar-refractivity contribution >= 4 is 17.1 Å². The molecule has 8 aromatic carbocycles. The quantitative estimate of drug-likeness (QED) is 0.161. The van der Waals surface area contributed by atoms with Crippen molar-refractivity contribution in [1.29, 1.82) is 0 Å². The Labute approximate surface area is 423 Å². The van der Waals surface area contributed by atoms with Gasteiger partial charge in [0.2, 0.25) is 0 Å². The standard InChI is InChI=1S/C70H67N/c1-44-34-48-38-46(3)69(56(36-44)40-48)65-16-10-8-14-61(65)63-32-26-55(42-67(63)69)54-20-18-51(19-21-54)53-24-29-59(30-25-53)71(58-27-22-52(23-28-58)50-12-6-5-7-13-50)60-31-33-64-62-15-9-11-17-66(62)70(68(64)43-60)47(4)39-49-35-45(2)37-57(70)41-49/h5-33,42-49,56-57H,34-41H2,1-4H3/t44-,45-,46+,47+,48?,49?,56?,57-,69+,70-/m1/s1. The molecule has 6 aliphatic carbocycles. The maximum atomic E-state index is 2.62. The molecule has 14 rings (SSSR count). The Morgan fingerprint density at radius 3 is 1.21 bits per heavy atom. The SMILES string of the molecule is C[C@@H]1CC2CC(C1)[C@]1(c3ccccc3-c3ccc(-c4ccc(-c5ccc(N(c6ccc(-c7ccccc7)cc6)c6ccc7c(c6)[C@@]6(c8ccccc8-7)[C@H]7CC(C[C@@H](C)C7)C[C@@H]6C)cc5)cc4)cc31)[C@@H](C)C2. The van der Waals surface area contributed by atoms with Crippen LogP contribution in [0.3, 0.4) is 0 Å². The van der Waals surface area contributed by atoms with Crippen LogP contribution in [-0.4, -0.2) is 0 Å². The van der Waals surface area contributed by atoms with Crippen molar-refractivity contribution in [2.45, 2.75) is 89.9 Å². The molecule has 4 fully saturated rings. The van der Waals surface area contributed by atoms with Gasteiger partial charge in [-0.2, -0.15) is 0 Å². The Morgan fingerprint density at radius 2 is 0.690 bits per heavy atom. The number of hydrogen-bond donors (Lipinski definition) is 0. The molecule has 10 atom stereocenters. The third-order valence-corrected chi connectivity index (χ3v) is 19.7. The van der Waals surface area contributed by atoms with Crippen molar-refractivity contribution in [3.63, 3.8) is 0 Å². The van der Waals surface area contributed by atoms with E-state index in [0.717, 1.165) is 23.7 Å². The van der Waals surface area contributed by atoms with Crippen LogP contribution in [0.1, 0.15) is 101 Å². The third-order valence-electron chi connectivity index (χ3n) is 19.7. The molecule has 0 N–H and O–H groups in total. The highest BCUT2D eigenvalue weighted by Crippen LogP contribution is 2.66. The predicted octanol–water partition coefficient (Wildman–Crippen LogP) is 18.9. The zero-order valence-electron chi connectivity index (χ0n) is 42.1. The van der Waals surface area contributed by atoms with Gasteiger partial charge in [-0.05, 0) is 219 Å². The molecule has 352 valence electrons. The maximum Gasteiger partial charge on any atom is 0.0465 e. The molecular formula is C70H67N. The summed E-state index contributed by atoms with van der Waals surface area (Å²) in [6, 6.07) is 72.6. The molecule has 8 aromatic rings. The molecule has 2 spiro atoms. The smallest absolute Gasteiger partial charge is 0.0465 e. The molecule has 3 unspecified atom stereocenters. The molecule has 4 bridgehead atoms. The summed E-state index contributed by atoms with van der Waals surface area (Å²) in [5.41, 5.74) is 23.5. The van der Waals surface area contributed by atoms with Gasteiger partial charge in [0.1, 0.15) is 0 Å². The van der Waals surface area contributed by atoms with Crippen LogP contribution in [0.15, 0.2) is 188 Å². The molecule has 6 aliphatic rings. The van der Waals surface area contributed by atoms with Crippen LogP contribution in [-0.2, 0) is 10.8 Å². The first-order valence-corrected chi connectivity index (χ1v) is 27.4. The highest BCUT2D eigenvalue weighted by atomic mass is 15.1. The minimum absolute atomic E-state index is 0.0320. The normalized spacial score (nSPS) is 28.5. The van der Waals surface area contributed by atoms with E-state index in [4.69, 9.17) is 0 Å². The van der Waals surface area contributed by atoms with E-state index in [-0.39, 0.29) is 10.8 Å².